The Bertz CT molecular complexity index is 297. The molecule has 2 aliphatic heterocycles. The number of primary amides is 1. The molecule has 3 N–H and O–H groups in total. The fourth-order valence-corrected chi connectivity index (χ4v) is 3.23. The average molecular weight is 268 g/mol. The van der Waals surface area contributed by atoms with Gasteiger partial charge in [-0.2, -0.15) is 0 Å². The number of rotatable bonds is 7. The smallest absolute Gasteiger partial charge is 0.234 e. The SMILES string of the molecule is CCCNC(CCN1CCN2CCCC2C1)C(N)=O. The summed E-state index contributed by atoms with van der Waals surface area (Å²) in [5, 5.41) is 3.24. The maximum absolute atomic E-state index is 11.4. The van der Waals surface area contributed by atoms with Gasteiger partial charge in [-0.1, -0.05) is 6.92 Å². The molecule has 0 aromatic heterocycles. The second-order valence-corrected chi connectivity index (χ2v) is 5.83. The van der Waals surface area contributed by atoms with Crippen LogP contribution in [-0.4, -0.2) is 67.1 Å². The topological polar surface area (TPSA) is 61.6 Å². The molecule has 110 valence electrons. The summed E-state index contributed by atoms with van der Waals surface area (Å²) in [7, 11) is 0. The summed E-state index contributed by atoms with van der Waals surface area (Å²) in [6, 6.07) is 0.589. The van der Waals surface area contributed by atoms with Crippen LogP contribution in [0.3, 0.4) is 0 Å². The van der Waals surface area contributed by atoms with Crippen molar-refractivity contribution >= 4 is 5.91 Å². The molecule has 0 bridgehead atoms. The van der Waals surface area contributed by atoms with Gasteiger partial charge in [-0.05, 0) is 38.8 Å². The predicted octanol–water partition coefficient (Wildman–Crippen LogP) is 0.0100. The van der Waals surface area contributed by atoms with Gasteiger partial charge >= 0.3 is 0 Å². The molecule has 2 heterocycles. The summed E-state index contributed by atoms with van der Waals surface area (Å²) in [5.41, 5.74) is 5.45. The zero-order valence-electron chi connectivity index (χ0n) is 12.1. The highest BCUT2D eigenvalue weighted by molar-refractivity contribution is 5.79. The van der Waals surface area contributed by atoms with Gasteiger partial charge in [0.1, 0.15) is 0 Å². The predicted molar refractivity (Wildman–Crippen MR) is 76.9 cm³/mol. The van der Waals surface area contributed by atoms with Crippen molar-refractivity contribution in [2.75, 3.05) is 39.3 Å². The summed E-state index contributed by atoms with van der Waals surface area (Å²) in [4.78, 5) is 16.5. The fraction of sp³-hybridized carbons (Fsp3) is 0.929. The Morgan fingerprint density at radius 1 is 1.42 bits per heavy atom. The second kappa shape index (κ2) is 7.22. The van der Waals surface area contributed by atoms with Crippen molar-refractivity contribution in [3.8, 4) is 0 Å². The van der Waals surface area contributed by atoms with Gasteiger partial charge in [-0.25, -0.2) is 0 Å². The van der Waals surface area contributed by atoms with Gasteiger partial charge in [0.25, 0.3) is 0 Å². The van der Waals surface area contributed by atoms with Gasteiger partial charge in [-0.3, -0.25) is 9.69 Å². The zero-order valence-corrected chi connectivity index (χ0v) is 12.1. The van der Waals surface area contributed by atoms with E-state index >= 15 is 0 Å². The van der Waals surface area contributed by atoms with Crippen LogP contribution in [0.25, 0.3) is 0 Å². The lowest BCUT2D eigenvalue weighted by molar-refractivity contribution is -0.120. The zero-order chi connectivity index (χ0) is 13.7. The number of fused-ring (bicyclic) bond motifs is 1. The number of carbonyl (C=O) groups is 1. The lowest BCUT2D eigenvalue weighted by Gasteiger charge is -2.37. The molecule has 0 aliphatic carbocycles. The molecule has 2 saturated heterocycles. The van der Waals surface area contributed by atoms with Crippen LogP contribution in [0.15, 0.2) is 0 Å². The van der Waals surface area contributed by atoms with Crippen LogP contribution >= 0.6 is 0 Å². The molecule has 2 atom stereocenters. The van der Waals surface area contributed by atoms with E-state index in [0.29, 0.717) is 0 Å². The minimum absolute atomic E-state index is 0.165. The van der Waals surface area contributed by atoms with Gasteiger partial charge in [-0.15, -0.1) is 0 Å². The van der Waals surface area contributed by atoms with E-state index in [4.69, 9.17) is 5.73 Å². The van der Waals surface area contributed by atoms with E-state index in [2.05, 4.69) is 22.0 Å². The van der Waals surface area contributed by atoms with Crippen LogP contribution < -0.4 is 11.1 Å². The molecular weight excluding hydrogens is 240 g/mol. The van der Waals surface area contributed by atoms with Crippen molar-refractivity contribution in [2.24, 2.45) is 5.73 Å². The summed E-state index contributed by atoms with van der Waals surface area (Å²) in [6.45, 7) is 8.72. The number of carbonyl (C=O) groups excluding carboxylic acids is 1. The number of piperazine rings is 1. The van der Waals surface area contributed by atoms with Crippen molar-refractivity contribution in [1.29, 1.82) is 0 Å². The van der Waals surface area contributed by atoms with E-state index in [-0.39, 0.29) is 11.9 Å². The van der Waals surface area contributed by atoms with E-state index in [1.54, 1.807) is 0 Å². The van der Waals surface area contributed by atoms with Gasteiger partial charge in [0.2, 0.25) is 5.91 Å². The van der Waals surface area contributed by atoms with Crippen molar-refractivity contribution in [1.82, 2.24) is 15.1 Å². The Morgan fingerprint density at radius 3 is 3.00 bits per heavy atom. The third-order valence-corrected chi connectivity index (χ3v) is 4.39. The maximum Gasteiger partial charge on any atom is 0.234 e. The van der Waals surface area contributed by atoms with E-state index in [0.717, 1.165) is 38.5 Å². The first-order valence-electron chi connectivity index (χ1n) is 7.69. The fourth-order valence-electron chi connectivity index (χ4n) is 3.23. The molecule has 0 spiro atoms. The molecule has 2 fully saturated rings. The van der Waals surface area contributed by atoms with Gasteiger partial charge < -0.3 is 16.0 Å². The van der Waals surface area contributed by atoms with Crippen molar-refractivity contribution in [3.63, 3.8) is 0 Å². The minimum Gasteiger partial charge on any atom is -0.368 e. The molecule has 5 nitrogen and oxygen atoms in total. The summed E-state index contributed by atoms with van der Waals surface area (Å²) < 4.78 is 0. The number of nitrogens with zero attached hydrogens (tertiary/aromatic N) is 2. The average Bonchev–Trinajstić information content (AvgIpc) is 2.85. The van der Waals surface area contributed by atoms with Crippen molar-refractivity contribution in [2.45, 2.75) is 44.7 Å². The molecule has 5 heteroatoms. The highest BCUT2D eigenvalue weighted by Crippen LogP contribution is 2.21. The molecule has 0 radical (unpaired) electrons. The van der Waals surface area contributed by atoms with E-state index in [1.807, 2.05) is 0 Å². The lowest BCUT2D eigenvalue weighted by atomic mass is 10.1. The van der Waals surface area contributed by atoms with Crippen LogP contribution in [-0.2, 0) is 4.79 Å². The number of hydrogen-bond donors (Lipinski definition) is 2. The first kappa shape index (κ1) is 14.8. The van der Waals surface area contributed by atoms with E-state index in [9.17, 15) is 4.79 Å². The number of nitrogens with one attached hydrogen (secondary N) is 1. The van der Waals surface area contributed by atoms with Crippen molar-refractivity contribution < 1.29 is 4.79 Å². The number of hydrogen-bond acceptors (Lipinski definition) is 4. The molecular formula is C14H28N4O. The molecule has 2 rings (SSSR count). The first-order chi connectivity index (χ1) is 9.20. The Hall–Kier alpha value is -0.650. The molecule has 0 saturated carbocycles. The monoisotopic (exact) mass is 268 g/mol. The van der Waals surface area contributed by atoms with Crippen LogP contribution in [0.5, 0.6) is 0 Å². The third-order valence-electron chi connectivity index (χ3n) is 4.39. The Kier molecular flexibility index (Phi) is 5.60. The van der Waals surface area contributed by atoms with Crippen molar-refractivity contribution in [3.05, 3.63) is 0 Å². The molecule has 19 heavy (non-hydrogen) atoms. The Balaban J connectivity index is 1.72. The largest absolute Gasteiger partial charge is 0.368 e. The molecule has 2 unspecified atom stereocenters. The third kappa shape index (κ3) is 4.16. The lowest BCUT2D eigenvalue weighted by Crippen LogP contribution is -2.51. The van der Waals surface area contributed by atoms with Gasteiger partial charge in [0.15, 0.2) is 0 Å². The summed E-state index contributed by atoms with van der Waals surface area (Å²) in [5.74, 6) is -0.215. The standard InChI is InChI=1S/C14H28N4O/c1-2-6-16-13(14(15)19)5-8-17-9-10-18-7-3-4-12(18)11-17/h12-13,16H,2-11H2,1H3,(H2,15,19). The van der Waals surface area contributed by atoms with Gasteiger partial charge in [0, 0.05) is 32.2 Å². The van der Waals surface area contributed by atoms with E-state index < -0.39 is 0 Å². The van der Waals surface area contributed by atoms with Crippen LogP contribution in [0.2, 0.25) is 0 Å². The first-order valence-corrected chi connectivity index (χ1v) is 7.69. The highest BCUT2D eigenvalue weighted by atomic mass is 16.1. The number of nitrogens with two attached hydrogens (primary N) is 1. The molecule has 1 amide bonds. The van der Waals surface area contributed by atoms with Crippen LogP contribution in [0.4, 0.5) is 0 Å². The Morgan fingerprint density at radius 2 is 2.26 bits per heavy atom. The number of amides is 1. The summed E-state index contributed by atoms with van der Waals surface area (Å²) in [6.07, 6.45) is 4.55. The second-order valence-electron chi connectivity index (χ2n) is 5.83. The van der Waals surface area contributed by atoms with Crippen LogP contribution in [0.1, 0.15) is 32.6 Å². The minimum atomic E-state index is -0.215. The van der Waals surface area contributed by atoms with Crippen LogP contribution in [0, 0.1) is 0 Å². The normalized spacial score (nSPS) is 26.3. The highest BCUT2D eigenvalue weighted by Gasteiger charge is 2.30. The summed E-state index contributed by atoms with van der Waals surface area (Å²) >= 11 is 0. The van der Waals surface area contributed by atoms with Gasteiger partial charge in [0.05, 0.1) is 6.04 Å². The Labute approximate surface area is 116 Å². The quantitative estimate of drug-likeness (QED) is 0.683. The molecule has 0 aromatic carbocycles. The molecule has 0 aromatic rings. The maximum atomic E-state index is 11.4. The molecule has 2 aliphatic rings. The van der Waals surface area contributed by atoms with E-state index in [1.165, 1.54) is 32.5 Å².